The highest BCUT2D eigenvalue weighted by atomic mass is 32.1. The van der Waals surface area contributed by atoms with Gasteiger partial charge in [-0.05, 0) is 59.0 Å². The van der Waals surface area contributed by atoms with E-state index in [1.54, 1.807) is 11.3 Å². The van der Waals surface area contributed by atoms with Crippen molar-refractivity contribution in [1.29, 1.82) is 0 Å². The molecule has 4 aromatic rings. The standard InChI is InChI=1S/C22H25N5OS/c1-16(2)13-18(22-25-24-20-7-3-4-11-27(20)22)23-21(28)14-19(17-8-12-29-15-17)26-9-5-6-10-26/h3-12,15-16,18-19H,13-14H2,1-2H3,(H,23,28)/t18-,19-/m1/s1. The minimum absolute atomic E-state index is 0.00762. The Kier molecular flexibility index (Phi) is 5.76. The molecule has 4 rings (SSSR count). The van der Waals surface area contributed by atoms with E-state index in [0.29, 0.717) is 12.3 Å². The number of nitrogens with zero attached hydrogens (tertiary/aromatic N) is 4. The molecule has 0 aliphatic heterocycles. The number of hydrogen-bond acceptors (Lipinski definition) is 4. The molecule has 0 unspecified atom stereocenters. The van der Waals surface area contributed by atoms with Gasteiger partial charge in [-0.1, -0.05) is 19.9 Å². The third-order valence-corrected chi connectivity index (χ3v) is 5.69. The van der Waals surface area contributed by atoms with Gasteiger partial charge in [0.1, 0.15) is 0 Å². The van der Waals surface area contributed by atoms with Crippen LogP contribution in [-0.2, 0) is 4.79 Å². The van der Waals surface area contributed by atoms with Crippen LogP contribution >= 0.6 is 11.3 Å². The lowest BCUT2D eigenvalue weighted by atomic mass is 10.0. The first-order valence-electron chi connectivity index (χ1n) is 9.85. The quantitative estimate of drug-likeness (QED) is 0.468. The zero-order valence-electron chi connectivity index (χ0n) is 16.6. The highest BCUT2D eigenvalue weighted by Gasteiger charge is 2.24. The molecule has 1 N–H and O–H groups in total. The van der Waals surface area contributed by atoms with Gasteiger partial charge in [0.2, 0.25) is 5.91 Å². The number of pyridine rings is 1. The van der Waals surface area contributed by atoms with Gasteiger partial charge >= 0.3 is 0 Å². The predicted molar refractivity (Wildman–Crippen MR) is 115 cm³/mol. The molecule has 2 atom stereocenters. The maximum Gasteiger partial charge on any atom is 0.223 e. The average Bonchev–Trinajstić information content (AvgIpc) is 3.47. The monoisotopic (exact) mass is 407 g/mol. The topological polar surface area (TPSA) is 64.2 Å². The summed E-state index contributed by atoms with van der Waals surface area (Å²) >= 11 is 1.65. The van der Waals surface area contributed by atoms with E-state index in [-0.39, 0.29) is 18.0 Å². The molecule has 150 valence electrons. The number of amides is 1. The number of fused-ring (bicyclic) bond motifs is 1. The van der Waals surface area contributed by atoms with Crippen molar-refractivity contribution in [3.8, 4) is 0 Å². The third kappa shape index (κ3) is 4.40. The maximum atomic E-state index is 13.1. The van der Waals surface area contributed by atoms with Gasteiger partial charge in [-0.2, -0.15) is 11.3 Å². The Hall–Kier alpha value is -2.93. The average molecular weight is 408 g/mol. The molecule has 4 aromatic heterocycles. The smallest absolute Gasteiger partial charge is 0.223 e. The van der Waals surface area contributed by atoms with Crippen LogP contribution in [0.2, 0.25) is 0 Å². The summed E-state index contributed by atoms with van der Waals surface area (Å²) in [6.45, 7) is 4.30. The van der Waals surface area contributed by atoms with Crippen molar-refractivity contribution in [3.63, 3.8) is 0 Å². The maximum absolute atomic E-state index is 13.1. The fraction of sp³-hybridized carbons (Fsp3) is 0.318. The van der Waals surface area contributed by atoms with Crippen LogP contribution < -0.4 is 5.32 Å². The number of rotatable bonds is 8. The van der Waals surface area contributed by atoms with Crippen molar-refractivity contribution in [3.05, 3.63) is 77.1 Å². The normalized spacial score (nSPS) is 13.6. The molecule has 1 amide bonds. The second-order valence-electron chi connectivity index (χ2n) is 7.64. The number of carbonyl (C=O) groups excluding carboxylic acids is 1. The van der Waals surface area contributed by atoms with Crippen molar-refractivity contribution in [2.24, 2.45) is 5.92 Å². The lowest BCUT2D eigenvalue weighted by Crippen LogP contribution is -2.32. The fourth-order valence-electron chi connectivity index (χ4n) is 3.64. The Balaban J connectivity index is 1.56. The molecule has 0 aliphatic rings. The summed E-state index contributed by atoms with van der Waals surface area (Å²) < 4.78 is 4.04. The van der Waals surface area contributed by atoms with Gasteiger partial charge in [-0.15, -0.1) is 10.2 Å². The van der Waals surface area contributed by atoms with E-state index in [9.17, 15) is 4.79 Å². The van der Waals surface area contributed by atoms with Crippen molar-refractivity contribution in [1.82, 2.24) is 24.5 Å². The minimum atomic E-state index is -0.187. The van der Waals surface area contributed by atoms with Gasteiger partial charge in [0.05, 0.1) is 18.5 Å². The number of carbonyl (C=O) groups is 1. The van der Waals surface area contributed by atoms with Gasteiger partial charge in [-0.25, -0.2) is 0 Å². The summed E-state index contributed by atoms with van der Waals surface area (Å²) in [6.07, 6.45) is 7.13. The molecule has 0 saturated carbocycles. The number of nitrogens with one attached hydrogen (secondary N) is 1. The first-order valence-corrected chi connectivity index (χ1v) is 10.8. The van der Waals surface area contributed by atoms with Gasteiger partial charge in [0, 0.05) is 18.6 Å². The molecule has 0 saturated heterocycles. The second-order valence-corrected chi connectivity index (χ2v) is 8.42. The zero-order valence-corrected chi connectivity index (χ0v) is 17.4. The van der Waals surface area contributed by atoms with E-state index in [1.165, 1.54) is 0 Å². The third-order valence-electron chi connectivity index (χ3n) is 4.99. The van der Waals surface area contributed by atoms with Crippen LogP contribution in [0.4, 0.5) is 0 Å². The van der Waals surface area contributed by atoms with Crippen molar-refractivity contribution in [2.75, 3.05) is 0 Å². The molecule has 0 aromatic carbocycles. The van der Waals surface area contributed by atoms with E-state index >= 15 is 0 Å². The van der Waals surface area contributed by atoms with Crippen LogP contribution in [0.25, 0.3) is 5.65 Å². The molecule has 7 heteroatoms. The van der Waals surface area contributed by atoms with E-state index in [1.807, 2.05) is 58.7 Å². The highest BCUT2D eigenvalue weighted by Crippen LogP contribution is 2.26. The summed E-state index contributed by atoms with van der Waals surface area (Å²) in [5, 5.41) is 16.0. The summed E-state index contributed by atoms with van der Waals surface area (Å²) in [5.74, 6) is 1.19. The summed E-state index contributed by atoms with van der Waals surface area (Å²) in [5.41, 5.74) is 1.93. The van der Waals surface area contributed by atoms with Crippen LogP contribution in [0.5, 0.6) is 0 Å². The minimum Gasteiger partial charge on any atom is -0.346 e. The van der Waals surface area contributed by atoms with Crippen LogP contribution in [0.15, 0.2) is 65.7 Å². The Labute approximate surface area is 174 Å². The summed E-state index contributed by atoms with van der Waals surface area (Å²) in [6, 6.07) is 11.7. The van der Waals surface area contributed by atoms with E-state index in [2.05, 4.69) is 45.4 Å². The van der Waals surface area contributed by atoms with E-state index < -0.39 is 0 Å². The van der Waals surface area contributed by atoms with Gasteiger partial charge in [0.15, 0.2) is 11.5 Å². The Morgan fingerprint density at radius 3 is 2.62 bits per heavy atom. The molecule has 0 aliphatic carbocycles. The SMILES string of the molecule is CC(C)C[C@@H](NC(=O)C[C@H](c1ccsc1)n1cccc1)c1nnc2ccccn12. The number of thiophene rings is 1. The lowest BCUT2D eigenvalue weighted by molar-refractivity contribution is -0.122. The lowest BCUT2D eigenvalue weighted by Gasteiger charge is -2.22. The summed E-state index contributed by atoms with van der Waals surface area (Å²) in [4.78, 5) is 13.1. The predicted octanol–water partition coefficient (Wildman–Crippen LogP) is 4.48. The molecule has 6 nitrogen and oxygen atoms in total. The largest absolute Gasteiger partial charge is 0.346 e. The zero-order chi connectivity index (χ0) is 20.2. The molecular formula is C22H25N5OS. The van der Waals surface area contributed by atoms with Crippen LogP contribution in [0.1, 0.15) is 50.2 Å². The fourth-order valence-corrected chi connectivity index (χ4v) is 4.35. The number of aromatic nitrogens is 4. The molecular weight excluding hydrogens is 382 g/mol. The van der Waals surface area contributed by atoms with Crippen molar-refractivity contribution in [2.45, 2.75) is 38.8 Å². The molecule has 29 heavy (non-hydrogen) atoms. The van der Waals surface area contributed by atoms with Crippen LogP contribution in [0, 0.1) is 5.92 Å². The van der Waals surface area contributed by atoms with E-state index in [4.69, 9.17) is 0 Å². The van der Waals surface area contributed by atoms with E-state index in [0.717, 1.165) is 23.5 Å². The first kappa shape index (κ1) is 19.4. The van der Waals surface area contributed by atoms with Gasteiger partial charge in [-0.3, -0.25) is 9.20 Å². The van der Waals surface area contributed by atoms with Gasteiger partial charge < -0.3 is 9.88 Å². The molecule has 0 bridgehead atoms. The molecule has 0 spiro atoms. The van der Waals surface area contributed by atoms with Crippen molar-refractivity contribution < 1.29 is 4.79 Å². The second kappa shape index (κ2) is 8.61. The Morgan fingerprint density at radius 1 is 1.10 bits per heavy atom. The Bertz CT molecular complexity index is 1020. The summed E-state index contributed by atoms with van der Waals surface area (Å²) in [7, 11) is 0. The molecule has 4 heterocycles. The Morgan fingerprint density at radius 2 is 1.90 bits per heavy atom. The van der Waals surface area contributed by atoms with Crippen molar-refractivity contribution >= 4 is 22.9 Å². The van der Waals surface area contributed by atoms with Crippen LogP contribution in [-0.4, -0.2) is 25.1 Å². The molecule has 0 radical (unpaired) electrons. The molecule has 0 fully saturated rings. The highest BCUT2D eigenvalue weighted by molar-refractivity contribution is 7.08. The number of hydrogen-bond donors (Lipinski definition) is 1. The first-order chi connectivity index (χ1) is 14.1. The van der Waals surface area contributed by atoms with Gasteiger partial charge in [0.25, 0.3) is 0 Å². The van der Waals surface area contributed by atoms with Crippen LogP contribution in [0.3, 0.4) is 0 Å².